The maximum Gasteiger partial charge on any atom is 0.185 e. The lowest BCUT2D eigenvalue weighted by Crippen LogP contribution is -2.36. The van der Waals surface area contributed by atoms with Crippen molar-refractivity contribution in [3.8, 4) is 0 Å². The molecule has 0 aliphatic heterocycles. The third kappa shape index (κ3) is 5.77. The van der Waals surface area contributed by atoms with Crippen LogP contribution in [0.4, 0.5) is 5.13 Å². The van der Waals surface area contributed by atoms with Gasteiger partial charge in [-0.25, -0.2) is 4.98 Å². The quantitative estimate of drug-likeness (QED) is 0.799. The molecule has 0 aliphatic carbocycles. The summed E-state index contributed by atoms with van der Waals surface area (Å²) in [5.74, 6) is 0. The van der Waals surface area contributed by atoms with Crippen LogP contribution < -0.4 is 10.2 Å². The number of ether oxygens (including phenoxy) is 1. The van der Waals surface area contributed by atoms with E-state index < -0.39 is 0 Å². The van der Waals surface area contributed by atoms with E-state index in [2.05, 4.69) is 50.2 Å². The van der Waals surface area contributed by atoms with Crippen LogP contribution in [0, 0.1) is 0 Å². The Labute approximate surface area is 127 Å². The summed E-state index contributed by atoms with van der Waals surface area (Å²) < 4.78 is 5.21. The van der Waals surface area contributed by atoms with Crippen LogP contribution in [0.15, 0.2) is 5.38 Å². The maximum absolute atomic E-state index is 5.21. The van der Waals surface area contributed by atoms with Crippen molar-refractivity contribution >= 4 is 16.5 Å². The van der Waals surface area contributed by atoms with Gasteiger partial charge in [0.2, 0.25) is 0 Å². The average Bonchev–Trinajstić information content (AvgIpc) is 2.84. The molecule has 1 rings (SSSR count). The number of thiazole rings is 1. The van der Waals surface area contributed by atoms with E-state index in [9.17, 15) is 0 Å². The summed E-state index contributed by atoms with van der Waals surface area (Å²) in [5.41, 5.74) is 1.24. The molecule has 0 amide bonds. The first-order valence-corrected chi connectivity index (χ1v) is 8.20. The first-order chi connectivity index (χ1) is 9.37. The monoisotopic (exact) mass is 299 g/mol. The molecule has 0 aliphatic rings. The number of anilines is 1. The minimum atomic E-state index is 0.121. The topological polar surface area (TPSA) is 37.4 Å². The molecule has 1 unspecified atom stereocenters. The van der Waals surface area contributed by atoms with Gasteiger partial charge >= 0.3 is 0 Å². The van der Waals surface area contributed by atoms with E-state index in [1.807, 2.05) is 0 Å². The summed E-state index contributed by atoms with van der Waals surface area (Å²) in [6.45, 7) is 13.4. The van der Waals surface area contributed by atoms with Gasteiger partial charge in [-0.3, -0.25) is 0 Å². The predicted molar refractivity (Wildman–Crippen MR) is 87.7 cm³/mol. The van der Waals surface area contributed by atoms with Gasteiger partial charge < -0.3 is 15.0 Å². The molecular formula is C15H29N3OS. The summed E-state index contributed by atoms with van der Waals surface area (Å²) in [6, 6.07) is 0.486. The SMILES string of the molecule is CCC(C)N(CCOC)c1nc(CNC(C)(C)C)cs1. The van der Waals surface area contributed by atoms with Crippen molar-refractivity contribution in [3.63, 3.8) is 0 Å². The smallest absolute Gasteiger partial charge is 0.185 e. The largest absolute Gasteiger partial charge is 0.383 e. The zero-order valence-electron chi connectivity index (χ0n) is 13.7. The van der Waals surface area contributed by atoms with Crippen molar-refractivity contribution in [2.45, 2.75) is 59.2 Å². The van der Waals surface area contributed by atoms with Crippen molar-refractivity contribution < 1.29 is 4.74 Å². The van der Waals surface area contributed by atoms with Crippen LogP contribution in [0.25, 0.3) is 0 Å². The van der Waals surface area contributed by atoms with Crippen LogP contribution in [0.1, 0.15) is 46.7 Å². The molecule has 20 heavy (non-hydrogen) atoms. The maximum atomic E-state index is 5.21. The second-order valence-electron chi connectivity index (χ2n) is 6.17. The number of nitrogens with zero attached hydrogens (tertiary/aromatic N) is 2. The predicted octanol–water partition coefficient (Wildman–Crippen LogP) is 3.28. The van der Waals surface area contributed by atoms with Crippen LogP contribution in [0.5, 0.6) is 0 Å². The van der Waals surface area contributed by atoms with Gasteiger partial charge in [0.05, 0.1) is 12.3 Å². The van der Waals surface area contributed by atoms with Crippen LogP contribution >= 0.6 is 11.3 Å². The Hall–Kier alpha value is -0.650. The standard InChI is InChI=1S/C15H29N3OS/c1-7-12(2)18(8-9-19-6)14-17-13(11-20-14)10-16-15(3,4)5/h11-12,16H,7-10H2,1-6H3. The van der Waals surface area contributed by atoms with E-state index in [0.717, 1.165) is 36.9 Å². The summed E-state index contributed by atoms with van der Waals surface area (Å²) in [7, 11) is 1.75. The minimum Gasteiger partial charge on any atom is -0.383 e. The first kappa shape index (κ1) is 17.4. The number of rotatable bonds is 8. The van der Waals surface area contributed by atoms with Gasteiger partial charge in [-0.2, -0.15) is 0 Å². The molecule has 0 spiro atoms. The molecule has 4 nitrogen and oxygen atoms in total. The van der Waals surface area contributed by atoms with Crippen molar-refractivity contribution in [1.82, 2.24) is 10.3 Å². The van der Waals surface area contributed by atoms with Crippen molar-refractivity contribution in [1.29, 1.82) is 0 Å². The molecule has 1 aromatic rings. The molecule has 116 valence electrons. The van der Waals surface area contributed by atoms with E-state index in [-0.39, 0.29) is 5.54 Å². The molecule has 0 saturated carbocycles. The molecule has 0 bridgehead atoms. The molecule has 1 N–H and O–H groups in total. The van der Waals surface area contributed by atoms with E-state index in [4.69, 9.17) is 9.72 Å². The van der Waals surface area contributed by atoms with Crippen LogP contribution in [-0.2, 0) is 11.3 Å². The number of nitrogens with one attached hydrogen (secondary N) is 1. The lowest BCUT2D eigenvalue weighted by molar-refractivity contribution is 0.203. The summed E-state index contributed by atoms with van der Waals surface area (Å²) in [4.78, 5) is 7.10. The van der Waals surface area contributed by atoms with Gasteiger partial charge in [-0.15, -0.1) is 11.3 Å². The van der Waals surface area contributed by atoms with Crippen molar-refractivity contribution in [2.24, 2.45) is 0 Å². The fraction of sp³-hybridized carbons (Fsp3) is 0.800. The minimum absolute atomic E-state index is 0.121. The van der Waals surface area contributed by atoms with Gasteiger partial charge in [0.25, 0.3) is 0 Å². The molecule has 0 aromatic carbocycles. The molecule has 1 aromatic heterocycles. The van der Waals surface area contributed by atoms with Crippen LogP contribution in [0.3, 0.4) is 0 Å². The number of aromatic nitrogens is 1. The second-order valence-corrected chi connectivity index (χ2v) is 7.00. The van der Waals surface area contributed by atoms with Crippen molar-refractivity contribution in [3.05, 3.63) is 11.1 Å². The fourth-order valence-electron chi connectivity index (χ4n) is 1.78. The van der Waals surface area contributed by atoms with E-state index in [1.54, 1.807) is 18.4 Å². The van der Waals surface area contributed by atoms with Gasteiger partial charge in [-0.05, 0) is 34.1 Å². The highest BCUT2D eigenvalue weighted by Crippen LogP contribution is 2.23. The normalized spacial score (nSPS) is 13.5. The number of methoxy groups -OCH3 is 1. The summed E-state index contributed by atoms with van der Waals surface area (Å²) >= 11 is 1.72. The van der Waals surface area contributed by atoms with E-state index >= 15 is 0 Å². The lowest BCUT2D eigenvalue weighted by atomic mass is 10.1. The van der Waals surface area contributed by atoms with Gasteiger partial charge in [0.15, 0.2) is 5.13 Å². The van der Waals surface area contributed by atoms with Gasteiger partial charge in [-0.1, -0.05) is 6.92 Å². The third-order valence-corrected chi connectivity index (χ3v) is 4.17. The Bertz CT molecular complexity index is 387. The summed E-state index contributed by atoms with van der Waals surface area (Å²) in [6.07, 6.45) is 1.11. The highest BCUT2D eigenvalue weighted by molar-refractivity contribution is 7.13. The Balaban J connectivity index is 2.70. The van der Waals surface area contributed by atoms with Crippen molar-refractivity contribution in [2.75, 3.05) is 25.2 Å². The zero-order valence-corrected chi connectivity index (χ0v) is 14.5. The zero-order chi connectivity index (χ0) is 15.2. The number of hydrogen-bond acceptors (Lipinski definition) is 5. The Kier molecular flexibility index (Phi) is 6.92. The molecule has 5 heteroatoms. The highest BCUT2D eigenvalue weighted by atomic mass is 32.1. The molecule has 1 atom stereocenters. The van der Waals surface area contributed by atoms with Gasteiger partial charge in [0, 0.05) is 37.2 Å². The lowest BCUT2D eigenvalue weighted by Gasteiger charge is -2.27. The third-order valence-electron chi connectivity index (χ3n) is 3.24. The Morgan fingerprint density at radius 1 is 1.45 bits per heavy atom. The second kappa shape index (κ2) is 7.96. The highest BCUT2D eigenvalue weighted by Gasteiger charge is 2.17. The fourth-order valence-corrected chi connectivity index (χ4v) is 2.73. The molecule has 0 radical (unpaired) electrons. The average molecular weight is 299 g/mol. The van der Waals surface area contributed by atoms with E-state index in [0.29, 0.717) is 6.04 Å². The molecule has 0 saturated heterocycles. The molecule has 0 fully saturated rings. The molecular weight excluding hydrogens is 270 g/mol. The number of hydrogen-bond donors (Lipinski definition) is 1. The summed E-state index contributed by atoms with van der Waals surface area (Å²) in [5, 5.41) is 6.73. The first-order valence-electron chi connectivity index (χ1n) is 7.32. The van der Waals surface area contributed by atoms with E-state index in [1.165, 1.54) is 0 Å². The van der Waals surface area contributed by atoms with Crippen LogP contribution in [0.2, 0.25) is 0 Å². The van der Waals surface area contributed by atoms with Crippen LogP contribution in [-0.4, -0.2) is 36.8 Å². The molecule has 1 heterocycles. The Morgan fingerprint density at radius 2 is 2.15 bits per heavy atom. The Morgan fingerprint density at radius 3 is 2.70 bits per heavy atom. The van der Waals surface area contributed by atoms with Gasteiger partial charge in [0.1, 0.15) is 0 Å².